The first-order chi connectivity index (χ1) is 14.7. The van der Waals surface area contributed by atoms with Crippen LogP contribution in [0.15, 0.2) is 60.8 Å². The molecule has 0 saturated carbocycles. The third-order valence-electron chi connectivity index (χ3n) is 5.56. The van der Waals surface area contributed by atoms with Gasteiger partial charge in [-0.15, -0.1) is 0 Å². The van der Waals surface area contributed by atoms with Crippen molar-refractivity contribution in [2.75, 3.05) is 36.9 Å². The van der Waals surface area contributed by atoms with Crippen LogP contribution in [0.1, 0.15) is 5.56 Å². The minimum absolute atomic E-state index is 0.247. The van der Waals surface area contributed by atoms with Gasteiger partial charge in [-0.05, 0) is 47.3 Å². The molecule has 0 radical (unpaired) electrons. The first-order valence-electron chi connectivity index (χ1n) is 9.94. The Balaban J connectivity index is 1.55. The number of nitriles is 1. The molecular formula is C24H21N5O. The fraction of sp³-hybridized carbons (Fsp3) is 0.167. The summed E-state index contributed by atoms with van der Waals surface area (Å²) in [6, 6.07) is 20.6. The van der Waals surface area contributed by atoms with Crippen LogP contribution >= 0.6 is 0 Å². The number of pyridine rings is 1. The highest BCUT2D eigenvalue weighted by Crippen LogP contribution is 2.33. The number of nitrogen functional groups attached to an aromatic ring is 1. The van der Waals surface area contributed by atoms with E-state index in [1.54, 1.807) is 0 Å². The van der Waals surface area contributed by atoms with Crippen LogP contribution in [0.5, 0.6) is 0 Å². The number of nitrogens with two attached hydrogens (primary N) is 1. The van der Waals surface area contributed by atoms with Gasteiger partial charge in [0.2, 0.25) is 0 Å². The van der Waals surface area contributed by atoms with E-state index in [-0.39, 0.29) is 5.82 Å². The molecule has 0 spiro atoms. The first-order valence-corrected chi connectivity index (χ1v) is 9.94. The van der Waals surface area contributed by atoms with Crippen LogP contribution in [0, 0.1) is 11.3 Å². The van der Waals surface area contributed by atoms with E-state index in [2.05, 4.69) is 51.3 Å². The molecule has 1 fully saturated rings. The van der Waals surface area contributed by atoms with E-state index in [1.165, 1.54) is 5.69 Å². The maximum absolute atomic E-state index is 9.68. The Morgan fingerprint density at radius 1 is 1.00 bits per heavy atom. The predicted octanol–water partition coefficient (Wildman–Crippen LogP) is 4.19. The van der Waals surface area contributed by atoms with Crippen molar-refractivity contribution in [2.45, 2.75) is 0 Å². The highest BCUT2D eigenvalue weighted by Gasteiger charge is 2.15. The summed E-state index contributed by atoms with van der Waals surface area (Å²) >= 11 is 0. The molecule has 5 rings (SSSR count). The van der Waals surface area contributed by atoms with E-state index in [9.17, 15) is 5.26 Å². The van der Waals surface area contributed by atoms with E-state index in [4.69, 9.17) is 10.5 Å². The maximum atomic E-state index is 9.68. The smallest absolute Gasteiger partial charge is 0.142 e. The molecule has 148 valence electrons. The quantitative estimate of drug-likeness (QED) is 0.543. The second-order valence-corrected chi connectivity index (χ2v) is 7.35. The molecule has 2 aromatic carbocycles. The number of anilines is 2. The Bertz CT molecular complexity index is 1250. The lowest BCUT2D eigenvalue weighted by Crippen LogP contribution is -2.36. The Hall–Kier alpha value is -3.82. The second kappa shape index (κ2) is 7.54. The normalized spacial score (nSPS) is 14.0. The van der Waals surface area contributed by atoms with E-state index >= 15 is 0 Å². The standard InChI is InChI=1S/C24H21N5O/c25-15-21-20(17-3-6-22-18(13-17)7-8-27-22)14-23(28-24(21)26)16-1-4-19(5-2-16)29-9-11-30-12-10-29/h1-8,13-14,27H,9-12H2,(H2,26,28). The highest BCUT2D eigenvalue weighted by atomic mass is 16.5. The Morgan fingerprint density at radius 2 is 1.77 bits per heavy atom. The molecule has 1 saturated heterocycles. The lowest BCUT2D eigenvalue weighted by molar-refractivity contribution is 0.122. The Morgan fingerprint density at radius 3 is 2.53 bits per heavy atom. The number of nitrogens with one attached hydrogen (secondary N) is 1. The van der Waals surface area contributed by atoms with Gasteiger partial charge in [0.05, 0.1) is 18.9 Å². The molecule has 0 aliphatic carbocycles. The average molecular weight is 395 g/mol. The molecule has 0 bridgehead atoms. The van der Waals surface area contributed by atoms with Gasteiger partial charge in [0, 0.05) is 41.6 Å². The summed E-state index contributed by atoms with van der Waals surface area (Å²) in [6.07, 6.45) is 1.90. The summed E-state index contributed by atoms with van der Waals surface area (Å²) in [5.41, 5.74) is 12.3. The number of ether oxygens (including phenoxy) is 1. The van der Waals surface area contributed by atoms with Crippen LogP contribution in [-0.4, -0.2) is 36.3 Å². The number of morpholine rings is 1. The summed E-state index contributed by atoms with van der Waals surface area (Å²) in [6.45, 7) is 3.30. The first kappa shape index (κ1) is 18.2. The minimum Gasteiger partial charge on any atom is -0.383 e. The van der Waals surface area contributed by atoms with Gasteiger partial charge in [0.15, 0.2) is 0 Å². The Labute approximate surface area is 174 Å². The van der Waals surface area contributed by atoms with E-state index < -0.39 is 0 Å². The van der Waals surface area contributed by atoms with Gasteiger partial charge in [-0.1, -0.05) is 18.2 Å². The van der Waals surface area contributed by atoms with Crippen molar-refractivity contribution in [1.82, 2.24) is 9.97 Å². The zero-order valence-electron chi connectivity index (χ0n) is 16.4. The fourth-order valence-corrected chi connectivity index (χ4v) is 3.94. The van der Waals surface area contributed by atoms with Gasteiger partial charge in [-0.3, -0.25) is 0 Å². The third kappa shape index (κ3) is 3.25. The minimum atomic E-state index is 0.247. The highest BCUT2D eigenvalue weighted by molar-refractivity contribution is 5.88. The maximum Gasteiger partial charge on any atom is 0.142 e. The summed E-state index contributed by atoms with van der Waals surface area (Å²) in [5, 5.41) is 10.8. The SMILES string of the molecule is N#Cc1c(-c2ccc3[nH]ccc3c2)cc(-c2ccc(N3CCOCC3)cc2)nc1N. The van der Waals surface area contributed by atoms with Crippen LogP contribution in [-0.2, 0) is 4.74 Å². The number of nitrogens with zero attached hydrogens (tertiary/aromatic N) is 3. The zero-order valence-corrected chi connectivity index (χ0v) is 16.4. The van der Waals surface area contributed by atoms with Crippen molar-refractivity contribution < 1.29 is 4.74 Å². The van der Waals surface area contributed by atoms with Crippen molar-refractivity contribution in [3.8, 4) is 28.5 Å². The van der Waals surface area contributed by atoms with Gasteiger partial charge in [-0.25, -0.2) is 4.98 Å². The van der Waals surface area contributed by atoms with Gasteiger partial charge >= 0.3 is 0 Å². The van der Waals surface area contributed by atoms with Crippen LogP contribution in [0.4, 0.5) is 11.5 Å². The second-order valence-electron chi connectivity index (χ2n) is 7.35. The summed E-state index contributed by atoms with van der Waals surface area (Å²) in [4.78, 5) is 10.0. The molecule has 0 amide bonds. The van der Waals surface area contributed by atoms with Gasteiger partial charge < -0.3 is 20.4 Å². The van der Waals surface area contributed by atoms with Crippen molar-refractivity contribution in [3.05, 3.63) is 66.4 Å². The number of H-pyrrole nitrogens is 1. The number of aromatic nitrogens is 2. The van der Waals surface area contributed by atoms with Gasteiger partial charge in [0.1, 0.15) is 17.5 Å². The van der Waals surface area contributed by atoms with E-state index in [0.29, 0.717) is 5.56 Å². The molecule has 6 nitrogen and oxygen atoms in total. The largest absolute Gasteiger partial charge is 0.383 e. The van der Waals surface area contributed by atoms with Gasteiger partial charge in [0.25, 0.3) is 0 Å². The number of aromatic amines is 1. The predicted molar refractivity (Wildman–Crippen MR) is 119 cm³/mol. The summed E-state index contributed by atoms with van der Waals surface area (Å²) in [7, 11) is 0. The molecule has 2 aromatic heterocycles. The number of hydrogen-bond donors (Lipinski definition) is 2. The van der Waals surface area contributed by atoms with Crippen LogP contribution in [0.2, 0.25) is 0 Å². The van der Waals surface area contributed by atoms with E-state index in [0.717, 1.165) is 59.6 Å². The summed E-state index contributed by atoms with van der Waals surface area (Å²) < 4.78 is 5.43. The zero-order chi connectivity index (χ0) is 20.5. The molecule has 1 aliphatic heterocycles. The molecule has 0 unspecified atom stereocenters. The van der Waals surface area contributed by atoms with Gasteiger partial charge in [-0.2, -0.15) is 5.26 Å². The molecule has 3 N–H and O–H groups in total. The fourth-order valence-electron chi connectivity index (χ4n) is 3.94. The molecule has 30 heavy (non-hydrogen) atoms. The van der Waals surface area contributed by atoms with Crippen LogP contribution in [0.25, 0.3) is 33.3 Å². The van der Waals surface area contributed by atoms with Crippen molar-refractivity contribution in [2.24, 2.45) is 0 Å². The Kier molecular flexibility index (Phi) is 4.58. The average Bonchev–Trinajstić information content (AvgIpc) is 3.27. The van der Waals surface area contributed by atoms with Crippen molar-refractivity contribution in [3.63, 3.8) is 0 Å². The number of hydrogen-bond acceptors (Lipinski definition) is 5. The van der Waals surface area contributed by atoms with Crippen LogP contribution in [0.3, 0.4) is 0 Å². The van der Waals surface area contributed by atoms with E-state index in [1.807, 2.05) is 30.5 Å². The number of benzene rings is 2. The molecular weight excluding hydrogens is 374 g/mol. The lowest BCUT2D eigenvalue weighted by Gasteiger charge is -2.28. The van der Waals surface area contributed by atoms with Crippen molar-refractivity contribution >= 4 is 22.4 Å². The molecule has 4 aromatic rings. The lowest BCUT2D eigenvalue weighted by atomic mass is 9.97. The summed E-state index contributed by atoms with van der Waals surface area (Å²) in [5.74, 6) is 0.247. The monoisotopic (exact) mass is 395 g/mol. The molecule has 1 aliphatic rings. The molecule has 3 heterocycles. The third-order valence-corrected chi connectivity index (χ3v) is 5.56. The molecule has 6 heteroatoms. The van der Waals surface area contributed by atoms with Crippen LogP contribution < -0.4 is 10.6 Å². The topological polar surface area (TPSA) is 91.0 Å². The molecule has 0 atom stereocenters. The number of fused-ring (bicyclic) bond motifs is 1. The van der Waals surface area contributed by atoms with Crippen molar-refractivity contribution in [1.29, 1.82) is 5.26 Å². The number of rotatable bonds is 3.